The van der Waals surface area contributed by atoms with Gasteiger partial charge in [0, 0.05) is 6.54 Å². The van der Waals surface area contributed by atoms with Gasteiger partial charge < -0.3 is 5.73 Å². The molecular formula is C15H11F6N. The molecule has 0 spiro atoms. The normalized spacial score (nSPS) is 12.5. The van der Waals surface area contributed by atoms with E-state index in [1.54, 1.807) is 0 Å². The number of rotatable bonds is 2. The van der Waals surface area contributed by atoms with Gasteiger partial charge in [0.1, 0.15) is 0 Å². The van der Waals surface area contributed by atoms with Gasteiger partial charge in [0.25, 0.3) is 0 Å². The number of benzene rings is 2. The van der Waals surface area contributed by atoms with Crippen molar-refractivity contribution in [1.82, 2.24) is 0 Å². The third kappa shape index (κ3) is 3.24. The van der Waals surface area contributed by atoms with E-state index in [1.807, 2.05) is 0 Å². The second-order valence-electron chi connectivity index (χ2n) is 4.62. The molecule has 0 heterocycles. The van der Waals surface area contributed by atoms with Crippen molar-refractivity contribution in [3.05, 3.63) is 59.2 Å². The molecule has 0 saturated carbocycles. The van der Waals surface area contributed by atoms with E-state index in [-0.39, 0.29) is 16.7 Å². The van der Waals surface area contributed by atoms with Crippen LogP contribution >= 0.6 is 0 Å². The van der Waals surface area contributed by atoms with Gasteiger partial charge in [-0.05, 0) is 34.9 Å². The smallest absolute Gasteiger partial charge is 0.326 e. The minimum atomic E-state index is -4.60. The van der Waals surface area contributed by atoms with Crippen molar-refractivity contribution in [3.63, 3.8) is 0 Å². The van der Waals surface area contributed by atoms with Crippen LogP contribution in [0.5, 0.6) is 0 Å². The van der Waals surface area contributed by atoms with Crippen molar-refractivity contribution in [2.45, 2.75) is 18.9 Å². The van der Waals surface area contributed by atoms with Crippen LogP contribution in [0.3, 0.4) is 0 Å². The van der Waals surface area contributed by atoms with Crippen LogP contribution in [0, 0.1) is 0 Å². The fourth-order valence-electron chi connectivity index (χ4n) is 2.19. The maximum atomic E-state index is 13.0. The Bertz CT molecular complexity index is 672. The molecule has 0 radical (unpaired) electrons. The fourth-order valence-corrected chi connectivity index (χ4v) is 2.19. The van der Waals surface area contributed by atoms with E-state index in [0.29, 0.717) is 0 Å². The molecule has 2 N–H and O–H groups in total. The second kappa shape index (κ2) is 5.64. The summed E-state index contributed by atoms with van der Waals surface area (Å²) < 4.78 is 77.3. The van der Waals surface area contributed by atoms with E-state index in [1.165, 1.54) is 18.2 Å². The quantitative estimate of drug-likeness (QED) is 0.787. The zero-order chi connectivity index (χ0) is 16.5. The maximum absolute atomic E-state index is 13.0. The molecular weight excluding hydrogens is 308 g/mol. The molecule has 118 valence electrons. The van der Waals surface area contributed by atoms with Crippen LogP contribution in [0.1, 0.15) is 16.7 Å². The highest BCUT2D eigenvalue weighted by Crippen LogP contribution is 2.39. The van der Waals surface area contributed by atoms with E-state index in [2.05, 4.69) is 0 Å². The van der Waals surface area contributed by atoms with Crippen LogP contribution in [0.4, 0.5) is 26.3 Å². The molecule has 0 aromatic heterocycles. The van der Waals surface area contributed by atoms with Gasteiger partial charge in [-0.2, -0.15) is 26.3 Å². The summed E-state index contributed by atoms with van der Waals surface area (Å²) in [6.45, 7) is -0.420. The van der Waals surface area contributed by atoms with Gasteiger partial charge in [-0.25, -0.2) is 0 Å². The van der Waals surface area contributed by atoms with Crippen LogP contribution in [-0.2, 0) is 18.9 Å². The summed E-state index contributed by atoms with van der Waals surface area (Å²) in [5.74, 6) is 0. The van der Waals surface area contributed by atoms with Gasteiger partial charge in [0.2, 0.25) is 0 Å². The first-order valence-corrected chi connectivity index (χ1v) is 6.21. The van der Waals surface area contributed by atoms with Crippen molar-refractivity contribution in [2.75, 3.05) is 0 Å². The van der Waals surface area contributed by atoms with E-state index >= 15 is 0 Å². The lowest BCUT2D eigenvalue weighted by Crippen LogP contribution is -2.12. The zero-order valence-corrected chi connectivity index (χ0v) is 11.1. The minimum Gasteiger partial charge on any atom is -0.326 e. The highest BCUT2D eigenvalue weighted by Gasteiger charge is 2.35. The van der Waals surface area contributed by atoms with Crippen molar-refractivity contribution in [1.29, 1.82) is 0 Å². The number of hydrogen-bond acceptors (Lipinski definition) is 1. The molecule has 0 aliphatic carbocycles. The van der Waals surface area contributed by atoms with Gasteiger partial charge in [0.15, 0.2) is 0 Å². The number of hydrogen-bond donors (Lipinski definition) is 1. The summed E-state index contributed by atoms with van der Waals surface area (Å²) in [4.78, 5) is 0. The molecule has 2 aromatic carbocycles. The third-order valence-corrected chi connectivity index (χ3v) is 3.17. The molecule has 0 bridgehead atoms. The highest BCUT2D eigenvalue weighted by molar-refractivity contribution is 5.69. The zero-order valence-electron chi connectivity index (χ0n) is 11.1. The average Bonchev–Trinajstić information content (AvgIpc) is 2.44. The van der Waals surface area contributed by atoms with Gasteiger partial charge in [-0.3, -0.25) is 0 Å². The Morgan fingerprint density at radius 1 is 0.773 bits per heavy atom. The van der Waals surface area contributed by atoms with E-state index < -0.39 is 30.0 Å². The third-order valence-electron chi connectivity index (χ3n) is 3.17. The van der Waals surface area contributed by atoms with Crippen LogP contribution in [0.15, 0.2) is 42.5 Å². The predicted octanol–water partition coefficient (Wildman–Crippen LogP) is 4.85. The van der Waals surface area contributed by atoms with Crippen LogP contribution < -0.4 is 5.73 Å². The summed E-state index contributed by atoms with van der Waals surface area (Å²) in [7, 11) is 0. The Morgan fingerprint density at radius 2 is 1.36 bits per heavy atom. The largest absolute Gasteiger partial charge is 0.417 e. The molecule has 22 heavy (non-hydrogen) atoms. The molecule has 0 atom stereocenters. The molecule has 0 amide bonds. The summed E-state index contributed by atoms with van der Waals surface area (Å²) in [5, 5.41) is 0. The van der Waals surface area contributed by atoms with Crippen LogP contribution in [0.25, 0.3) is 11.1 Å². The van der Waals surface area contributed by atoms with Gasteiger partial charge in [-0.1, -0.05) is 24.3 Å². The number of alkyl halides is 6. The van der Waals surface area contributed by atoms with Crippen molar-refractivity contribution >= 4 is 0 Å². The second-order valence-corrected chi connectivity index (χ2v) is 4.62. The average molecular weight is 319 g/mol. The molecule has 2 rings (SSSR count). The van der Waals surface area contributed by atoms with Crippen LogP contribution in [0.2, 0.25) is 0 Å². The first-order valence-electron chi connectivity index (χ1n) is 6.21. The van der Waals surface area contributed by atoms with E-state index in [4.69, 9.17) is 5.73 Å². The number of nitrogens with two attached hydrogens (primary N) is 1. The van der Waals surface area contributed by atoms with Gasteiger partial charge in [0.05, 0.1) is 11.1 Å². The summed E-state index contributed by atoms with van der Waals surface area (Å²) in [5.41, 5.74) is 3.06. The Hall–Kier alpha value is -2.02. The molecule has 0 unspecified atom stereocenters. The summed E-state index contributed by atoms with van der Waals surface area (Å²) in [6.07, 6.45) is -9.20. The van der Waals surface area contributed by atoms with Crippen LogP contribution in [-0.4, -0.2) is 0 Å². The molecule has 0 aliphatic rings. The van der Waals surface area contributed by atoms with Crippen molar-refractivity contribution < 1.29 is 26.3 Å². The lowest BCUT2D eigenvalue weighted by Gasteiger charge is -2.16. The Balaban J connectivity index is 2.61. The topological polar surface area (TPSA) is 26.0 Å². The van der Waals surface area contributed by atoms with E-state index in [0.717, 1.165) is 24.3 Å². The molecule has 1 nitrogen and oxygen atoms in total. The lowest BCUT2D eigenvalue weighted by atomic mass is 9.95. The molecule has 2 aromatic rings. The molecule has 7 heteroatoms. The van der Waals surface area contributed by atoms with Gasteiger partial charge in [-0.15, -0.1) is 0 Å². The summed E-state index contributed by atoms with van der Waals surface area (Å²) in [6, 6.07) is 7.54. The first-order chi connectivity index (χ1) is 10.1. The monoisotopic (exact) mass is 319 g/mol. The molecule has 0 aliphatic heterocycles. The Morgan fingerprint density at radius 3 is 1.91 bits per heavy atom. The van der Waals surface area contributed by atoms with Crippen molar-refractivity contribution in [3.8, 4) is 11.1 Å². The summed E-state index contributed by atoms with van der Waals surface area (Å²) >= 11 is 0. The minimum absolute atomic E-state index is 0.0429. The first kappa shape index (κ1) is 16.4. The number of halogens is 6. The lowest BCUT2D eigenvalue weighted by molar-refractivity contribution is -0.138. The fraction of sp³-hybridized carbons (Fsp3) is 0.200. The highest BCUT2D eigenvalue weighted by atomic mass is 19.4. The Labute approximate surface area is 122 Å². The standard InChI is InChI=1S/C15H11F6N/c16-14(17,18)12-6-5-9(7-10(12)8-22)11-3-1-2-4-13(11)15(19,20)21/h1-7H,8,22H2. The van der Waals surface area contributed by atoms with Crippen molar-refractivity contribution in [2.24, 2.45) is 5.73 Å². The van der Waals surface area contributed by atoms with E-state index in [9.17, 15) is 26.3 Å². The molecule has 0 fully saturated rings. The molecule has 0 saturated heterocycles. The van der Waals surface area contributed by atoms with Gasteiger partial charge >= 0.3 is 12.4 Å². The SMILES string of the molecule is NCc1cc(-c2ccccc2C(F)(F)F)ccc1C(F)(F)F. The Kier molecular flexibility index (Phi) is 4.19. The predicted molar refractivity (Wildman–Crippen MR) is 69.8 cm³/mol. The maximum Gasteiger partial charge on any atom is 0.417 e.